The third-order valence-electron chi connectivity index (χ3n) is 4.49. The molecule has 0 saturated carbocycles. The van der Waals surface area contributed by atoms with Gasteiger partial charge in [-0.05, 0) is 17.7 Å². The number of carbonyl (C=O) groups excluding carboxylic acids is 1. The van der Waals surface area contributed by atoms with Gasteiger partial charge in [-0.2, -0.15) is 0 Å². The van der Waals surface area contributed by atoms with Crippen LogP contribution in [-0.2, 0) is 6.54 Å². The minimum Gasteiger partial charge on any atom is -0.353 e. The molecule has 1 aliphatic heterocycles. The SMILES string of the molecule is O=C(c1cn(Cc2ccccc2)nn1)N1CCN(c2ccccn2)CC1. The van der Waals surface area contributed by atoms with Crippen molar-refractivity contribution >= 4 is 11.7 Å². The van der Waals surface area contributed by atoms with E-state index >= 15 is 0 Å². The summed E-state index contributed by atoms with van der Waals surface area (Å²) in [5.41, 5.74) is 1.52. The van der Waals surface area contributed by atoms with E-state index in [0.29, 0.717) is 25.3 Å². The van der Waals surface area contributed by atoms with Gasteiger partial charge in [-0.25, -0.2) is 9.67 Å². The highest BCUT2D eigenvalue weighted by Crippen LogP contribution is 2.14. The molecular formula is C19H20N6O. The first-order valence-electron chi connectivity index (χ1n) is 8.69. The number of aromatic nitrogens is 4. The number of amides is 1. The number of pyridine rings is 1. The first kappa shape index (κ1) is 16.3. The lowest BCUT2D eigenvalue weighted by atomic mass is 10.2. The smallest absolute Gasteiger partial charge is 0.276 e. The molecule has 1 aromatic carbocycles. The fraction of sp³-hybridized carbons (Fsp3) is 0.263. The van der Waals surface area contributed by atoms with Crippen molar-refractivity contribution in [3.63, 3.8) is 0 Å². The van der Waals surface area contributed by atoms with Gasteiger partial charge in [0.2, 0.25) is 0 Å². The van der Waals surface area contributed by atoms with Gasteiger partial charge in [-0.3, -0.25) is 4.79 Å². The van der Waals surface area contributed by atoms with Crippen molar-refractivity contribution in [2.24, 2.45) is 0 Å². The van der Waals surface area contributed by atoms with Gasteiger partial charge >= 0.3 is 0 Å². The van der Waals surface area contributed by atoms with Crippen LogP contribution in [0.3, 0.4) is 0 Å². The van der Waals surface area contributed by atoms with E-state index in [0.717, 1.165) is 24.5 Å². The van der Waals surface area contributed by atoms with Crippen LogP contribution in [0, 0.1) is 0 Å². The Balaban J connectivity index is 1.37. The molecule has 1 amide bonds. The third kappa shape index (κ3) is 3.56. The summed E-state index contributed by atoms with van der Waals surface area (Å²) in [6, 6.07) is 15.9. The Morgan fingerprint density at radius 3 is 2.46 bits per heavy atom. The van der Waals surface area contributed by atoms with Crippen molar-refractivity contribution in [3.8, 4) is 0 Å². The average Bonchev–Trinajstić information content (AvgIpc) is 3.17. The second kappa shape index (κ2) is 7.35. The van der Waals surface area contributed by atoms with E-state index < -0.39 is 0 Å². The third-order valence-corrected chi connectivity index (χ3v) is 4.49. The van der Waals surface area contributed by atoms with E-state index in [9.17, 15) is 4.79 Å². The van der Waals surface area contributed by atoms with Crippen LogP contribution in [0.15, 0.2) is 60.9 Å². The van der Waals surface area contributed by atoms with Crippen LogP contribution in [0.25, 0.3) is 0 Å². The van der Waals surface area contributed by atoms with Gasteiger partial charge < -0.3 is 9.80 Å². The van der Waals surface area contributed by atoms with Crippen molar-refractivity contribution in [1.82, 2.24) is 24.9 Å². The van der Waals surface area contributed by atoms with Gasteiger partial charge in [0.05, 0.1) is 12.7 Å². The van der Waals surface area contributed by atoms with E-state index in [1.165, 1.54) is 0 Å². The minimum atomic E-state index is -0.0648. The number of hydrogen-bond acceptors (Lipinski definition) is 5. The topological polar surface area (TPSA) is 67.2 Å². The van der Waals surface area contributed by atoms with Gasteiger partial charge in [0.15, 0.2) is 5.69 Å². The number of hydrogen-bond donors (Lipinski definition) is 0. The number of nitrogens with zero attached hydrogens (tertiary/aromatic N) is 6. The summed E-state index contributed by atoms with van der Waals surface area (Å²) in [7, 11) is 0. The van der Waals surface area contributed by atoms with Crippen molar-refractivity contribution < 1.29 is 4.79 Å². The lowest BCUT2D eigenvalue weighted by molar-refractivity contribution is 0.0740. The molecule has 4 rings (SSSR count). The van der Waals surface area contributed by atoms with Crippen LogP contribution in [-0.4, -0.2) is 57.0 Å². The molecule has 0 N–H and O–H groups in total. The summed E-state index contributed by atoms with van der Waals surface area (Å²) in [5.74, 6) is 0.887. The second-order valence-electron chi connectivity index (χ2n) is 6.25. The first-order valence-corrected chi connectivity index (χ1v) is 8.69. The molecule has 7 nitrogen and oxygen atoms in total. The summed E-state index contributed by atoms with van der Waals surface area (Å²) in [5, 5.41) is 8.15. The quantitative estimate of drug-likeness (QED) is 0.718. The van der Waals surface area contributed by atoms with Crippen molar-refractivity contribution in [2.45, 2.75) is 6.54 Å². The molecule has 1 fully saturated rings. The standard InChI is InChI=1S/C19H20N6O/c26-19(17-15-25(22-21-17)14-16-6-2-1-3-7-16)24-12-10-23(11-13-24)18-8-4-5-9-20-18/h1-9,15H,10-14H2. The summed E-state index contributed by atoms with van der Waals surface area (Å²) in [6.45, 7) is 3.44. The van der Waals surface area contributed by atoms with Crippen LogP contribution in [0.2, 0.25) is 0 Å². The van der Waals surface area contributed by atoms with Gasteiger partial charge in [0.1, 0.15) is 5.82 Å². The lowest BCUT2D eigenvalue weighted by Crippen LogP contribution is -2.49. The Morgan fingerprint density at radius 2 is 1.73 bits per heavy atom. The van der Waals surface area contributed by atoms with E-state index in [2.05, 4.69) is 20.2 Å². The molecule has 7 heteroatoms. The van der Waals surface area contributed by atoms with Gasteiger partial charge in [0.25, 0.3) is 5.91 Å². The van der Waals surface area contributed by atoms with Crippen molar-refractivity contribution in [2.75, 3.05) is 31.1 Å². The molecule has 1 aliphatic rings. The maximum Gasteiger partial charge on any atom is 0.276 e. The molecule has 3 aromatic rings. The fourth-order valence-electron chi connectivity index (χ4n) is 3.09. The predicted molar refractivity (Wildman–Crippen MR) is 97.9 cm³/mol. The fourth-order valence-corrected chi connectivity index (χ4v) is 3.09. The van der Waals surface area contributed by atoms with Crippen molar-refractivity contribution in [1.29, 1.82) is 0 Å². The molecule has 0 bridgehead atoms. The zero-order chi connectivity index (χ0) is 17.8. The Labute approximate surface area is 151 Å². The molecule has 0 atom stereocenters. The van der Waals surface area contributed by atoms with Gasteiger partial charge in [0, 0.05) is 32.4 Å². The molecule has 0 spiro atoms. The highest BCUT2D eigenvalue weighted by Gasteiger charge is 2.24. The summed E-state index contributed by atoms with van der Waals surface area (Å²) in [4.78, 5) is 21.1. The number of benzene rings is 1. The molecule has 2 aromatic heterocycles. The maximum atomic E-state index is 12.7. The molecule has 0 aliphatic carbocycles. The summed E-state index contributed by atoms with van der Waals surface area (Å²) >= 11 is 0. The molecule has 0 radical (unpaired) electrons. The van der Waals surface area contributed by atoms with Gasteiger partial charge in [-0.15, -0.1) is 5.10 Å². The van der Waals surface area contributed by atoms with Crippen LogP contribution in [0.1, 0.15) is 16.1 Å². The molecular weight excluding hydrogens is 328 g/mol. The summed E-state index contributed by atoms with van der Waals surface area (Å²) < 4.78 is 1.70. The van der Waals surface area contributed by atoms with E-state index in [1.54, 1.807) is 17.1 Å². The highest BCUT2D eigenvalue weighted by atomic mass is 16.2. The largest absolute Gasteiger partial charge is 0.353 e. The summed E-state index contributed by atoms with van der Waals surface area (Å²) in [6.07, 6.45) is 3.51. The second-order valence-corrected chi connectivity index (χ2v) is 6.25. The lowest BCUT2D eigenvalue weighted by Gasteiger charge is -2.35. The molecule has 3 heterocycles. The van der Waals surface area contributed by atoms with Crippen LogP contribution >= 0.6 is 0 Å². The minimum absolute atomic E-state index is 0.0648. The predicted octanol–water partition coefficient (Wildman–Crippen LogP) is 1.68. The highest BCUT2D eigenvalue weighted by molar-refractivity contribution is 5.92. The van der Waals surface area contributed by atoms with Crippen LogP contribution < -0.4 is 4.90 Å². The molecule has 26 heavy (non-hydrogen) atoms. The Kier molecular flexibility index (Phi) is 4.59. The Morgan fingerprint density at radius 1 is 0.962 bits per heavy atom. The van der Waals surface area contributed by atoms with Gasteiger partial charge in [-0.1, -0.05) is 41.6 Å². The Bertz CT molecular complexity index is 856. The molecule has 0 unspecified atom stereocenters. The van der Waals surface area contributed by atoms with Crippen LogP contribution in [0.4, 0.5) is 5.82 Å². The maximum absolute atomic E-state index is 12.7. The van der Waals surface area contributed by atoms with E-state index in [1.807, 2.05) is 53.4 Å². The average molecular weight is 348 g/mol. The number of anilines is 1. The molecule has 1 saturated heterocycles. The number of rotatable bonds is 4. The number of carbonyl (C=O) groups is 1. The van der Waals surface area contributed by atoms with Crippen molar-refractivity contribution in [3.05, 3.63) is 72.2 Å². The van der Waals surface area contributed by atoms with E-state index in [4.69, 9.17) is 0 Å². The van der Waals surface area contributed by atoms with Crippen LogP contribution in [0.5, 0.6) is 0 Å². The van der Waals surface area contributed by atoms with E-state index in [-0.39, 0.29) is 5.91 Å². The zero-order valence-electron chi connectivity index (χ0n) is 14.4. The normalized spacial score (nSPS) is 14.5. The number of piperazine rings is 1. The Hall–Kier alpha value is -3.22. The monoisotopic (exact) mass is 348 g/mol. The first-order chi connectivity index (χ1) is 12.8. The molecule has 132 valence electrons. The zero-order valence-corrected chi connectivity index (χ0v) is 14.4.